The number of hydrogen-bond donors (Lipinski definition) is 3. The van der Waals surface area contributed by atoms with Crippen LogP contribution in [-0.2, 0) is 0 Å². The van der Waals surface area contributed by atoms with Crippen molar-refractivity contribution < 1.29 is 20.2 Å². The third-order valence-electron chi connectivity index (χ3n) is 0. The molecule has 0 aromatic carbocycles. The van der Waals surface area contributed by atoms with E-state index in [0.717, 1.165) is 0 Å². The zero-order valence-electron chi connectivity index (χ0n) is 3.40. The number of rotatable bonds is 0. The van der Waals surface area contributed by atoms with Gasteiger partial charge in [-0.05, 0) is 0 Å². The maximum Gasteiger partial charge on any atom is 0.503 e. The van der Waals surface area contributed by atoms with Gasteiger partial charge in [0.1, 0.15) is 0 Å². The molecule has 0 saturated carbocycles. The van der Waals surface area contributed by atoms with Gasteiger partial charge in [-0.25, -0.2) is 4.79 Å². The molecule has 42 valence electrons. The third-order valence-corrected chi connectivity index (χ3v) is 0. The van der Waals surface area contributed by atoms with Gasteiger partial charge in [-0.2, -0.15) is 0 Å². The topological polar surface area (TPSA) is 90.1 Å². The first kappa shape index (κ1) is 9.22. The molecule has 0 saturated heterocycles. The highest BCUT2D eigenvalue weighted by Gasteiger charge is 1.70. The number of carboxylic acid groups (broad SMARTS) is 2. The van der Waals surface area contributed by atoms with Crippen molar-refractivity contribution in [3.05, 3.63) is 0 Å². The van der Waals surface area contributed by atoms with Gasteiger partial charge in [0, 0.05) is 6.72 Å². The van der Waals surface area contributed by atoms with Gasteiger partial charge >= 0.3 is 6.16 Å². The number of oxime groups is 1. The van der Waals surface area contributed by atoms with Crippen LogP contribution in [0.5, 0.6) is 0 Å². The van der Waals surface area contributed by atoms with Gasteiger partial charge < -0.3 is 15.4 Å². The summed E-state index contributed by atoms with van der Waals surface area (Å²) in [5.74, 6) is 0. The first-order valence-corrected chi connectivity index (χ1v) is 1.17. The van der Waals surface area contributed by atoms with E-state index in [9.17, 15) is 0 Å². The number of hydrogen-bond acceptors (Lipinski definition) is 3. The van der Waals surface area contributed by atoms with Crippen LogP contribution >= 0.6 is 0 Å². The summed E-state index contributed by atoms with van der Waals surface area (Å²) in [4.78, 5) is 8.56. The predicted molar refractivity (Wildman–Crippen MR) is 22.0 cm³/mol. The molecule has 0 aliphatic rings. The van der Waals surface area contributed by atoms with Gasteiger partial charge in [0.25, 0.3) is 0 Å². The summed E-state index contributed by atoms with van der Waals surface area (Å²) >= 11 is 0. The summed E-state index contributed by atoms with van der Waals surface area (Å²) in [6, 6.07) is 0. The molecule has 0 bridgehead atoms. The van der Waals surface area contributed by atoms with E-state index >= 15 is 0 Å². The maximum atomic E-state index is 8.56. The molecule has 0 radical (unpaired) electrons. The van der Waals surface area contributed by atoms with Gasteiger partial charge in [0.2, 0.25) is 0 Å². The lowest BCUT2D eigenvalue weighted by atomic mass is 11.5. The standard InChI is InChI=1S/CH3NO.CH2O3/c1-2-3;2-1(3)4/h3H,1H2;(H2,2,3,4). The first-order chi connectivity index (χ1) is 3.15. The molecule has 0 atom stereocenters. The summed E-state index contributed by atoms with van der Waals surface area (Å²) in [7, 11) is 0. The van der Waals surface area contributed by atoms with Crippen molar-refractivity contribution in [2.45, 2.75) is 0 Å². The molecule has 7 heavy (non-hydrogen) atoms. The molecule has 5 nitrogen and oxygen atoms in total. The summed E-state index contributed by atoms with van der Waals surface area (Å²) in [5.41, 5.74) is 0. The molecule has 3 N–H and O–H groups in total. The number of nitrogens with zero attached hydrogens (tertiary/aromatic N) is 1. The Morgan fingerprint density at radius 2 is 1.57 bits per heavy atom. The molecule has 0 rings (SSSR count). The van der Waals surface area contributed by atoms with Crippen LogP contribution in [-0.4, -0.2) is 28.3 Å². The lowest BCUT2D eigenvalue weighted by Gasteiger charge is -1.60. The molecule has 0 unspecified atom stereocenters. The molecule has 0 aliphatic carbocycles. The SMILES string of the molecule is C=NO.O=C(O)O. The molecule has 0 spiro atoms. The van der Waals surface area contributed by atoms with Gasteiger partial charge in [0.05, 0.1) is 0 Å². The summed E-state index contributed by atoms with van der Waals surface area (Å²) in [6.45, 7) is 2.67. The van der Waals surface area contributed by atoms with E-state index in [1.165, 1.54) is 0 Å². The van der Waals surface area contributed by atoms with E-state index < -0.39 is 6.16 Å². The van der Waals surface area contributed by atoms with E-state index in [-0.39, 0.29) is 0 Å². The molecular formula is C2H5NO4. The van der Waals surface area contributed by atoms with Crippen molar-refractivity contribution >= 4 is 12.9 Å². The Balaban J connectivity index is 0. The Kier molecular flexibility index (Phi) is 11.6. The average Bonchev–Trinajstić information content (AvgIpc) is 1.33. The lowest BCUT2D eigenvalue weighted by molar-refractivity contribution is 0.137. The van der Waals surface area contributed by atoms with Crippen LogP contribution in [0.1, 0.15) is 0 Å². The minimum atomic E-state index is -1.83. The fourth-order valence-corrected chi connectivity index (χ4v) is 0. The highest BCUT2D eigenvalue weighted by molar-refractivity contribution is 5.53. The van der Waals surface area contributed by atoms with Gasteiger partial charge in [0.15, 0.2) is 0 Å². The summed E-state index contributed by atoms with van der Waals surface area (Å²) in [5, 5.41) is 23.3. The monoisotopic (exact) mass is 107 g/mol. The van der Waals surface area contributed by atoms with E-state index in [4.69, 9.17) is 20.2 Å². The van der Waals surface area contributed by atoms with E-state index in [1.54, 1.807) is 0 Å². The van der Waals surface area contributed by atoms with Crippen molar-refractivity contribution in [3.8, 4) is 0 Å². The van der Waals surface area contributed by atoms with E-state index in [1.807, 2.05) is 0 Å². The Morgan fingerprint density at radius 3 is 1.57 bits per heavy atom. The average molecular weight is 107 g/mol. The highest BCUT2D eigenvalue weighted by Crippen LogP contribution is 1.42. The van der Waals surface area contributed by atoms with Crippen molar-refractivity contribution in [2.24, 2.45) is 5.16 Å². The van der Waals surface area contributed by atoms with Crippen LogP contribution in [0.25, 0.3) is 0 Å². The molecule has 0 heterocycles. The molecule has 5 heteroatoms. The summed E-state index contributed by atoms with van der Waals surface area (Å²) < 4.78 is 0. The quantitative estimate of drug-likeness (QED) is 0.236. The molecule has 0 fully saturated rings. The third kappa shape index (κ3) is 22.4. The Hall–Kier alpha value is -1.26. The van der Waals surface area contributed by atoms with Crippen LogP contribution in [0, 0.1) is 0 Å². The second-order valence-corrected chi connectivity index (χ2v) is 0.424. The van der Waals surface area contributed by atoms with Crippen molar-refractivity contribution in [3.63, 3.8) is 0 Å². The Labute approximate surface area is 39.5 Å². The van der Waals surface area contributed by atoms with Gasteiger partial charge in [-0.3, -0.25) is 0 Å². The lowest BCUT2D eigenvalue weighted by Crippen LogP contribution is -1.81. The fraction of sp³-hybridized carbons (Fsp3) is 0. The van der Waals surface area contributed by atoms with Gasteiger partial charge in [-0.15, -0.1) is 5.16 Å². The number of carbonyl (C=O) groups is 1. The largest absolute Gasteiger partial charge is 0.503 e. The normalized spacial score (nSPS) is 5.14. The van der Waals surface area contributed by atoms with Crippen LogP contribution in [0.3, 0.4) is 0 Å². The Bertz CT molecular complexity index is 56.7. The highest BCUT2D eigenvalue weighted by atomic mass is 16.6. The van der Waals surface area contributed by atoms with Crippen LogP contribution in [0.15, 0.2) is 5.16 Å². The first-order valence-electron chi connectivity index (χ1n) is 1.17. The molecule has 0 aliphatic heterocycles. The minimum absolute atomic E-state index is 1.83. The molecule has 0 amide bonds. The fourth-order valence-electron chi connectivity index (χ4n) is 0. The predicted octanol–water partition coefficient (Wildman–Crippen LogP) is 0.299. The molecule has 0 aromatic heterocycles. The van der Waals surface area contributed by atoms with Crippen LogP contribution in [0.2, 0.25) is 0 Å². The second kappa shape index (κ2) is 8.83. The van der Waals surface area contributed by atoms with Crippen molar-refractivity contribution in [1.29, 1.82) is 0 Å². The summed E-state index contributed by atoms with van der Waals surface area (Å²) in [6.07, 6.45) is -1.83. The second-order valence-electron chi connectivity index (χ2n) is 0.424. The zero-order chi connectivity index (χ0) is 6.28. The van der Waals surface area contributed by atoms with E-state index in [2.05, 4.69) is 11.9 Å². The zero-order valence-corrected chi connectivity index (χ0v) is 3.40. The van der Waals surface area contributed by atoms with E-state index in [0.29, 0.717) is 0 Å². The van der Waals surface area contributed by atoms with Crippen LogP contribution < -0.4 is 0 Å². The smallest absolute Gasteiger partial charge is 0.450 e. The maximum absolute atomic E-state index is 8.56. The minimum Gasteiger partial charge on any atom is -0.450 e. The van der Waals surface area contributed by atoms with Crippen molar-refractivity contribution in [1.82, 2.24) is 0 Å². The van der Waals surface area contributed by atoms with Crippen molar-refractivity contribution in [2.75, 3.05) is 0 Å². The Morgan fingerprint density at radius 1 is 1.57 bits per heavy atom. The van der Waals surface area contributed by atoms with Crippen LogP contribution in [0.4, 0.5) is 4.79 Å². The van der Waals surface area contributed by atoms with Gasteiger partial charge in [-0.1, -0.05) is 0 Å². The molecular weight excluding hydrogens is 102 g/mol. The molecule has 0 aromatic rings.